The van der Waals surface area contributed by atoms with Gasteiger partial charge in [-0.05, 0) is 43.3 Å². The molecule has 0 radical (unpaired) electrons. The van der Waals surface area contributed by atoms with Crippen LogP contribution in [0.2, 0.25) is 0 Å². The van der Waals surface area contributed by atoms with Crippen LogP contribution in [-0.4, -0.2) is 29.1 Å². The summed E-state index contributed by atoms with van der Waals surface area (Å²) in [6, 6.07) is 9.84. The Kier molecular flexibility index (Phi) is 3.97. The molecule has 3 rings (SSSR count). The third-order valence-corrected chi connectivity index (χ3v) is 4.45. The van der Waals surface area contributed by atoms with Crippen LogP contribution in [0.4, 0.5) is 5.82 Å². The number of fused-ring (bicyclic) bond motifs is 1. The van der Waals surface area contributed by atoms with E-state index in [-0.39, 0.29) is 11.6 Å². The highest BCUT2D eigenvalue weighted by atomic mass is 16.1. The number of piperidine rings is 1. The van der Waals surface area contributed by atoms with E-state index in [0.29, 0.717) is 5.82 Å². The molecule has 4 heteroatoms. The second kappa shape index (κ2) is 5.90. The summed E-state index contributed by atoms with van der Waals surface area (Å²) in [5, 5.41) is 1.70. The first kappa shape index (κ1) is 14.1. The summed E-state index contributed by atoms with van der Waals surface area (Å²) in [7, 11) is 0. The van der Waals surface area contributed by atoms with E-state index >= 15 is 0 Å². The molecular weight excluding hydrogens is 262 g/mol. The van der Waals surface area contributed by atoms with E-state index in [9.17, 15) is 4.79 Å². The lowest BCUT2D eigenvalue weighted by Gasteiger charge is -2.33. The summed E-state index contributed by atoms with van der Waals surface area (Å²) < 4.78 is 1.81. The topological polar surface area (TPSA) is 51.3 Å². The van der Waals surface area contributed by atoms with E-state index in [4.69, 9.17) is 5.73 Å². The maximum atomic E-state index is 12.7. The minimum absolute atomic E-state index is 0.0551. The second-order valence-electron chi connectivity index (χ2n) is 5.90. The van der Waals surface area contributed by atoms with Gasteiger partial charge in [-0.1, -0.05) is 25.1 Å². The van der Waals surface area contributed by atoms with Gasteiger partial charge < -0.3 is 10.6 Å². The van der Waals surface area contributed by atoms with E-state index < -0.39 is 0 Å². The molecule has 4 nitrogen and oxygen atoms in total. The predicted molar refractivity (Wildman–Crippen MR) is 87.6 cm³/mol. The summed E-state index contributed by atoms with van der Waals surface area (Å²) in [5.74, 6) is 0.590. The van der Waals surface area contributed by atoms with E-state index in [2.05, 4.69) is 11.8 Å². The smallest absolute Gasteiger partial charge is 0.260 e. The zero-order valence-electron chi connectivity index (χ0n) is 12.6. The van der Waals surface area contributed by atoms with Gasteiger partial charge in [-0.15, -0.1) is 0 Å². The number of nitrogens with two attached hydrogens (primary N) is 1. The Morgan fingerprint density at radius 1 is 1.24 bits per heavy atom. The van der Waals surface area contributed by atoms with Crippen molar-refractivity contribution < 1.29 is 0 Å². The molecule has 1 fully saturated rings. The van der Waals surface area contributed by atoms with Crippen LogP contribution in [0.1, 0.15) is 32.2 Å². The summed E-state index contributed by atoms with van der Waals surface area (Å²) in [6.45, 7) is 5.46. The monoisotopic (exact) mass is 285 g/mol. The van der Waals surface area contributed by atoms with E-state index in [1.165, 1.54) is 6.42 Å². The van der Waals surface area contributed by atoms with Gasteiger partial charge in [0.2, 0.25) is 0 Å². The summed E-state index contributed by atoms with van der Waals surface area (Å²) in [5.41, 5.74) is 6.22. The van der Waals surface area contributed by atoms with Crippen molar-refractivity contribution in [1.82, 2.24) is 9.47 Å². The van der Waals surface area contributed by atoms with Gasteiger partial charge in [0.05, 0.1) is 0 Å². The van der Waals surface area contributed by atoms with Gasteiger partial charge in [0, 0.05) is 24.5 Å². The zero-order valence-corrected chi connectivity index (χ0v) is 12.6. The molecule has 0 amide bonds. The van der Waals surface area contributed by atoms with Crippen LogP contribution in [0.3, 0.4) is 0 Å². The largest absolute Gasteiger partial charge is 0.385 e. The van der Waals surface area contributed by atoms with Gasteiger partial charge in [-0.3, -0.25) is 9.36 Å². The molecule has 2 heterocycles. The number of rotatable bonds is 3. The fourth-order valence-corrected chi connectivity index (χ4v) is 3.39. The van der Waals surface area contributed by atoms with Crippen molar-refractivity contribution in [2.24, 2.45) is 0 Å². The average Bonchev–Trinajstić information content (AvgIpc) is 2.49. The molecule has 112 valence electrons. The van der Waals surface area contributed by atoms with Crippen molar-refractivity contribution in [3.05, 3.63) is 40.7 Å². The molecule has 1 saturated heterocycles. The van der Waals surface area contributed by atoms with Crippen LogP contribution < -0.4 is 11.3 Å². The maximum Gasteiger partial charge on any atom is 0.260 e. The number of likely N-dealkylation sites (tertiary alicyclic amines) is 1. The maximum absolute atomic E-state index is 12.7. The Hall–Kier alpha value is -1.81. The SMILES string of the molecule is CCCN1CCC(n2c(N)cc3ccccc3c2=O)CC1. The highest BCUT2D eigenvalue weighted by Crippen LogP contribution is 2.25. The Labute approximate surface area is 125 Å². The predicted octanol–water partition coefficient (Wildman–Crippen LogP) is 2.63. The summed E-state index contributed by atoms with van der Waals surface area (Å²) >= 11 is 0. The van der Waals surface area contributed by atoms with Crippen molar-refractivity contribution in [1.29, 1.82) is 0 Å². The molecule has 0 saturated carbocycles. The zero-order chi connectivity index (χ0) is 14.8. The number of hydrogen-bond acceptors (Lipinski definition) is 3. The first-order valence-corrected chi connectivity index (χ1v) is 7.83. The summed E-state index contributed by atoms with van der Waals surface area (Å²) in [4.78, 5) is 15.2. The Morgan fingerprint density at radius 3 is 2.67 bits per heavy atom. The minimum atomic E-state index is 0.0551. The molecule has 0 atom stereocenters. The normalized spacial score (nSPS) is 17.4. The molecule has 2 N–H and O–H groups in total. The fourth-order valence-electron chi connectivity index (χ4n) is 3.39. The first-order valence-electron chi connectivity index (χ1n) is 7.83. The molecule has 1 aliphatic rings. The standard InChI is InChI=1S/C17H23N3O/c1-2-9-19-10-7-14(8-11-19)20-16(18)12-13-5-3-4-6-15(13)17(20)21/h3-6,12,14H,2,7-11,18H2,1H3. The van der Waals surface area contributed by atoms with Crippen LogP contribution in [-0.2, 0) is 0 Å². The molecule has 0 bridgehead atoms. The van der Waals surface area contributed by atoms with Gasteiger partial charge in [0.25, 0.3) is 5.56 Å². The highest BCUT2D eigenvalue weighted by molar-refractivity contribution is 5.83. The second-order valence-corrected chi connectivity index (χ2v) is 5.90. The van der Waals surface area contributed by atoms with Crippen LogP contribution in [0.5, 0.6) is 0 Å². The minimum Gasteiger partial charge on any atom is -0.385 e. The molecule has 1 aromatic carbocycles. The summed E-state index contributed by atoms with van der Waals surface area (Å²) in [6.07, 6.45) is 3.19. The number of pyridine rings is 1. The quantitative estimate of drug-likeness (QED) is 0.943. The number of nitrogen functional groups attached to an aromatic ring is 1. The molecule has 0 aliphatic carbocycles. The van der Waals surface area contributed by atoms with Crippen LogP contribution in [0.25, 0.3) is 10.8 Å². The van der Waals surface area contributed by atoms with Gasteiger partial charge in [0.1, 0.15) is 5.82 Å². The fraction of sp³-hybridized carbons (Fsp3) is 0.471. The van der Waals surface area contributed by atoms with Crippen LogP contribution in [0, 0.1) is 0 Å². The average molecular weight is 285 g/mol. The molecule has 0 unspecified atom stereocenters. The van der Waals surface area contributed by atoms with Crippen LogP contribution in [0.15, 0.2) is 35.1 Å². The first-order chi connectivity index (χ1) is 10.2. The van der Waals surface area contributed by atoms with E-state index in [0.717, 1.165) is 43.2 Å². The highest BCUT2D eigenvalue weighted by Gasteiger charge is 2.22. The molecule has 1 aliphatic heterocycles. The van der Waals surface area contributed by atoms with Gasteiger partial charge in [-0.2, -0.15) is 0 Å². The van der Waals surface area contributed by atoms with Crippen molar-refractivity contribution in [3.63, 3.8) is 0 Å². The molecule has 0 spiro atoms. The molecular formula is C17H23N3O. The Morgan fingerprint density at radius 2 is 1.95 bits per heavy atom. The van der Waals surface area contributed by atoms with Gasteiger partial charge in [-0.25, -0.2) is 0 Å². The van der Waals surface area contributed by atoms with E-state index in [1.807, 2.05) is 34.9 Å². The third-order valence-electron chi connectivity index (χ3n) is 4.45. The Balaban J connectivity index is 1.93. The van der Waals surface area contributed by atoms with Crippen molar-refractivity contribution >= 4 is 16.6 Å². The van der Waals surface area contributed by atoms with Gasteiger partial charge >= 0.3 is 0 Å². The van der Waals surface area contributed by atoms with Crippen molar-refractivity contribution in [3.8, 4) is 0 Å². The lowest BCUT2D eigenvalue weighted by Crippen LogP contribution is -2.38. The number of benzene rings is 1. The number of nitrogens with zero attached hydrogens (tertiary/aromatic N) is 2. The van der Waals surface area contributed by atoms with Crippen molar-refractivity contribution in [2.45, 2.75) is 32.2 Å². The van der Waals surface area contributed by atoms with Crippen LogP contribution >= 0.6 is 0 Å². The third kappa shape index (κ3) is 2.68. The molecule has 2 aromatic rings. The lowest BCUT2D eigenvalue weighted by molar-refractivity contribution is 0.186. The van der Waals surface area contributed by atoms with Crippen molar-refractivity contribution in [2.75, 3.05) is 25.4 Å². The number of hydrogen-bond donors (Lipinski definition) is 1. The van der Waals surface area contributed by atoms with Gasteiger partial charge in [0.15, 0.2) is 0 Å². The number of anilines is 1. The molecule has 1 aromatic heterocycles. The van der Waals surface area contributed by atoms with E-state index in [1.54, 1.807) is 0 Å². The molecule has 21 heavy (non-hydrogen) atoms. The lowest BCUT2D eigenvalue weighted by atomic mass is 10.0. The number of aromatic nitrogens is 1. The Bertz CT molecular complexity index is 684.